The van der Waals surface area contributed by atoms with E-state index in [1.807, 2.05) is 47.2 Å². The van der Waals surface area contributed by atoms with Crippen molar-refractivity contribution < 1.29 is 4.74 Å². The van der Waals surface area contributed by atoms with Crippen molar-refractivity contribution in [3.63, 3.8) is 0 Å². The molecule has 0 spiro atoms. The summed E-state index contributed by atoms with van der Waals surface area (Å²) in [6.07, 6.45) is 6.21. The summed E-state index contributed by atoms with van der Waals surface area (Å²) in [6, 6.07) is 26.9. The number of hydrogen-bond acceptors (Lipinski definition) is 3. The fraction of sp³-hybridized carbons (Fsp3) is 0.333. The van der Waals surface area contributed by atoms with E-state index in [1.54, 1.807) is 0 Å². The SMILES string of the molecule is CCCCOc1cc(CC(C)C)c(-c2ccnc(Cc3ccccc3)c2)n(CCc2ccccc2)c1=O. The number of aromatic nitrogens is 2. The third-order valence-corrected chi connectivity index (χ3v) is 6.50. The molecule has 0 bridgehead atoms. The molecule has 0 atom stereocenters. The molecule has 0 saturated carbocycles. The summed E-state index contributed by atoms with van der Waals surface area (Å²) in [5.74, 6) is 0.896. The standard InChI is InChI=1S/C33H38N2O2/c1-4-5-20-37-31-24-29(21-25(2)3)32(35(33(31)36)19-17-26-12-8-6-9-13-26)28-16-18-34-30(23-28)22-27-14-10-7-11-15-27/h6-16,18,23-25H,4-5,17,19-22H2,1-3H3. The van der Waals surface area contributed by atoms with Crippen molar-refractivity contribution in [2.24, 2.45) is 5.92 Å². The van der Waals surface area contributed by atoms with Crippen LogP contribution in [0.3, 0.4) is 0 Å². The minimum atomic E-state index is -0.0593. The zero-order valence-electron chi connectivity index (χ0n) is 22.3. The van der Waals surface area contributed by atoms with Gasteiger partial charge in [0, 0.05) is 30.4 Å². The van der Waals surface area contributed by atoms with Crippen LogP contribution < -0.4 is 10.3 Å². The number of ether oxygens (including phenoxy) is 1. The van der Waals surface area contributed by atoms with Gasteiger partial charge in [0.15, 0.2) is 5.75 Å². The summed E-state index contributed by atoms with van der Waals surface area (Å²) >= 11 is 0. The zero-order chi connectivity index (χ0) is 26.0. The van der Waals surface area contributed by atoms with Gasteiger partial charge in [-0.2, -0.15) is 0 Å². The van der Waals surface area contributed by atoms with E-state index in [-0.39, 0.29) is 5.56 Å². The molecule has 4 nitrogen and oxygen atoms in total. The van der Waals surface area contributed by atoms with E-state index in [9.17, 15) is 4.79 Å². The predicted octanol–water partition coefficient (Wildman–Crippen LogP) is 7.12. The van der Waals surface area contributed by atoms with Gasteiger partial charge in [0.2, 0.25) is 0 Å². The summed E-state index contributed by atoms with van der Waals surface area (Å²) in [4.78, 5) is 18.5. The largest absolute Gasteiger partial charge is 0.488 e. The lowest BCUT2D eigenvalue weighted by Gasteiger charge is -2.21. The van der Waals surface area contributed by atoms with E-state index in [0.717, 1.165) is 54.6 Å². The van der Waals surface area contributed by atoms with Crippen LogP contribution in [0.25, 0.3) is 11.3 Å². The van der Waals surface area contributed by atoms with E-state index < -0.39 is 0 Å². The third-order valence-electron chi connectivity index (χ3n) is 6.50. The Hall–Kier alpha value is -3.66. The lowest BCUT2D eigenvalue weighted by Crippen LogP contribution is -2.26. The molecule has 2 aromatic carbocycles. The van der Waals surface area contributed by atoms with E-state index in [2.05, 4.69) is 68.2 Å². The van der Waals surface area contributed by atoms with Crippen molar-refractivity contribution in [1.29, 1.82) is 0 Å². The molecule has 4 heteroatoms. The molecule has 0 saturated heterocycles. The average Bonchev–Trinajstić information content (AvgIpc) is 2.90. The highest BCUT2D eigenvalue weighted by Crippen LogP contribution is 2.29. The number of rotatable bonds is 12. The molecule has 4 aromatic rings. The number of benzene rings is 2. The maximum Gasteiger partial charge on any atom is 0.293 e. The zero-order valence-corrected chi connectivity index (χ0v) is 22.3. The van der Waals surface area contributed by atoms with Crippen LogP contribution >= 0.6 is 0 Å². The molecule has 0 fully saturated rings. The van der Waals surface area contributed by atoms with Crippen molar-refractivity contribution in [2.45, 2.75) is 59.4 Å². The normalized spacial score (nSPS) is 11.1. The van der Waals surface area contributed by atoms with Gasteiger partial charge < -0.3 is 9.30 Å². The Morgan fingerprint density at radius 1 is 0.919 bits per heavy atom. The number of unbranched alkanes of at least 4 members (excludes halogenated alkanes) is 1. The van der Waals surface area contributed by atoms with Gasteiger partial charge in [0.25, 0.3) is 5.56 Å². The summed E-state index contributed by atoms with van der Waals surface area (Å²) in [5.41, 5.74) is 6.51. The van der Waals surface area contributed by atoms with E-state index in [4.69, 9.17) is 4.74 Å². The van der Waals surface area contributed by atoms with Crippen LogP contribution in [-0.2, 0) is 25.8 Å². The Bertz CT molecular complexity index is 1330. The average molecular weight is 495 g/mol. The van der Waals surface area contributed by atoms with Gasteiger partial charge in [-0.15, -0.1) is 0 Å². The molecule has 192 valence electrons. The van der Waals surface area contributed by atoms with Crippen LogP contribution in [0.5, 0.6) is 5.75 Å². The van der Waals surface area contributed by atoms with Crippen molar-refractivity contribution in [1.82, 2.24) is 9.55 Å². The molecule has 0 aliphatic carbocycles. The van der Waals surface area contributed by atoms with Crippen molar-refractivity contribution in [3.8, 4) is 17.0 Å². The van der Waals surface area contributed by atoms with E-state index in [1.165, 1.54) is 11.1 Å². The molecule has 4 rings (SSSR count). The molecule has 0 aliphatic rings. The summed E-state index contributed by atoms with van der Waals surface area (Å²) in [7, 11) is 0. The van der Waals surface area contributed by atoms with Gasteiger partial charge >= 0.3 is 0 Å². The molecule has 37 heavy (non-hydrogen) atoms. The highest BCUT2D eigenvalue weighted by Gasteiger charge is 2.19. The molecular weight excluding hydrogens is 456 g/mol. The molecule has 0 amide bonds. The molecule has 0 aliphatic heterocycles. The first kappa shape index (κ1) is 26.4. The Balaban J connectivity index is 1.80. The number of nitrogens with zero attached hydrogens (tertiary/aromatic N) is 2. The first-order valence-electron chi connectivity index (χ1n) is 13.5. The van der Waals surface area contributed by atoms with Gasteiger partial charge in [-0.25, -0.2) is 0 Å². The topological polar surface area (TPSA) is 44.1 Å². The molecule has 0 unspecified atom stereocenters. The number of pyridine rings is 2. The fourth-order valence-electron chi connectivity index (χ4n) is 4.69. The van der Waals surface area contributed by atoms with Gasteiger partial charge in [-0.1, -0.05) is 87.9 Å². The maximum atomic E-state index is 13.8. The third kappa shape index (κ3) is 7.19. The van der Waals surface area contributed by atoms with E-state index >= 15 is 0 Å². The lowest BCUT2D eigenvalue weighted by atomic mass is 9.96. The van der Waals surface area contributed by atoms with Crippen LogP contribution in [0.4, 0.5) is 0 Å². The van der Waals surface area contributed by atoms with Crippen LogP contribution in [0.2, 0.25) is 0 Å². The summed E-state index contributed by atoms with van der Waals surface area (Å²) in [6.45, 7) is 7.71. The quantitative estimate of drug-likeness (QED) is 0.197. The maximum absolute atomic E-state index is 13.8. The molecule has 0 radical (unpaired) electrons. The van der Waals surface area contributed by atoms with E-state index in [0.29, 0.717) is 24.8 Å². The van der Waals surface area contributed by atoms with Crippen LogP contribution in [-0.4, -0.2) is 16.2 Å². The lowest BCUT2D eigenvalue weighted by molar-refractivity contribution is 0.302. The Morgan fingerprint density at radius 3 is 2.30 bits per heavy atom. The second kappa shape index (κ2) is 13.0. The summed E-state index contributed by atoms with van der Waals surface area (Å²) in [5, 5.41) is 0. The second-order valence-corrected chi connectivity index (χ2v) is 10.1. The van der Waals surface area contributed by atoms with Gasteiger partial charge in [-0.3, -0.25) is 9.78 Å². The predicted molar refractivity (Wildman–Crippen MR) is 152 cm³/mol. The molecule has 2 aromatic heterocycles. The minimum Gasteiger partial charge on any atom is -0.488 e. The highest BCUT2D eigenvalue weighted by molar-refractivity contribution is 5.65. The highest BCUT2D eigenvalue weighted by atomic mass is 16.5. The van der Waals surface area contributed by atoms with Crippen LogP contribution in [0.15, 0.2) is 89.9 Å². The smallest absolute Gasteiger partial charge is 0.293 e. The fourth-order valence-corrected chi connectivity index (χ4v) is 4.69. The summed E-state index contributed by atoms with van der Waals surface area (Å²) < 4.78 is 7.98. The number of hydrogen-bond donors (Lipinski definition) is 0. The monoisotopic (exact) mass is 494 g/mol. The second-order valence-electron chi connectivity index (χ2n) is 10.1. The van der Waals surface area contributed by atoms with Crippen LogP contribution in [0.1, 0.15) is 56.0 Å². The van der Waals surface area contributed by atoms with Crippen molar-refractivity contribution in [3.05, 3.63) is 118 Å². The van der Waals surface area contributed by atoms with Gasteiger partial charge in [-0.05, 0) is 60.1 Å². The van der Waals surface area contributed by atoms with Gasteiger partial charge in [0.1, 0.15) is 0 Å². The molecular formula is C33H38N2O2. The Kier molecular flexibility index (Phi) is 9.31. The van der Waals surface area contributed by atoms with Crippen molar-refractivity contribution >= 4 is 0 Å². The first-order chi connectivity index (χ1) is 18.0. The molecule has 2 heterocycles. The Labute approximate surface area is 221 Å². The van der Waals surface area contributed by atoms with Crippen LogP contribution in [0, 0.1) is 5.92 Å². The number of aryl methyl sites for hydroxylation is 1. The molecule has 0 N–H and O–H groups in total. The van der Waals surface area contributed by atoms with Gasteiger partial charge in [0.05, 0.1) is 12.3 Å². The Morgan fingerprint density at radius 2 is 1.62 bits per heavy atom. The van der Waals surface area contributed by atoms with Crippen molar-refractivity contribution in [2.75, 3.05) is 6.61 Å². The minimum absolute atomic E-state index is 0.0593. The first-order valence-corrected chi connectivity index (χ1v) is 13.5.